The summed E-state index contributed by atoms with van der Waals surface area (Å²) >= 11 is 0. The van der Waals surface area contributed by atoms with Crippen molar-refractivity contribution in [2.45, 2.75) is 19.4 Å². The van der Waals surface area contributed by atoms with Crippen molar-refractivity contribution >= 4 is 5.91 Å². The molecule has 6 heteroatoms. The third-order valence-electron chi connectivity index (χ3n) is 3.97. The highest BCUT2D eigenvalue weighted by molar-refractivity contribution is 5.95. The van der Waals surface area contributed by atoms with E-state index in [9.17, 15) is 13.6 Å². The summed E-state index contributed by atoms with van der Waals surface area (Å²) in [5, 5.41) is 2.77. The number of halogens is 2. The van der Waals surface area contributed by atoms with Gasteiger partial charge in [-0.2, -0.15) is 0 Å². The van der Waals surface area contributed by atoms with Crippen molar-refractivity contribution in [3.05, 3.63) is 71.3 Å². The first kappa shape index (κ1) is 19.4. The van der Waals surface area contributed by atoms with E-state index < -0.39 is 17.7 Å². The minimum absolute atomic E-state index is 0.367. The van der Waals surface area contributed by atoms with E-state index in [1.165, 1.54) is 20.3 Å². The van der Waals surface area contributed by atoms with Gasteiger partial charge in [0, 0.05) is 11.1 Å². The first-order valence-corrected chi connectivity index (χ1v) is 8.02. The molecule has 0 saturated carbocycles. The Bertz CT molecular complexity index is 821. The molecular weight excluding hydrogens is 340 g/mol. The van der Waals surface area contributed by atoms with Gasteiger partial charge in [0.25, 0.3) is 5.91 Å². The van der Waals surface area contributed by atoms with Gasteiger partial charge >= 0.3 is 0 Å². The number of ether oxygens (including phenoxy) is 2. The van der Waals surface area contributed by atoms with Crippen LogP contribution in [0, 0.1) is 11.6 Å². The van der Waals surface area contributed by atoms with Gasteiger partial charge in [0.1, 0.15) is 0 Å². The second-order valence-corrected chi connectivity index (χ2v) is 5.73. The van der Waals surface area contributed by atoms with E-state index in [0.717, 1.165) is 17.7 Å². The molecule has 2 rings (SSSR count). The molecule has 0 aliphatic rings. The molecule has 4 nitrogen and oxygen atoms in total. The average molecular weight is 361 g/mol. The monoisotopic (exact) mass is 361 g/mol. The third kappa shape index (κ3) is 4.20. The van der Waals surface area contributed by atoms with Crippen molar-refractivity contribution in [2.75, 3.05) is 14.2 Å². The topological polar surface area (TPSA) is 47.6 Å². The maximum Gasteiger partial charge on any atom is 0.251 e. The second-order valence-electron chi connectivity index (χ2n) is 5.73. The second kappa shape index (κ2) is 8.47. The van der Waals surface area contributed by atoms with E-state index in [1.54, 1.807) is 25.1 Å². The summed E-state index contributed by atoms with van der Waals surface area (Å²) in [7, 11) is 3.01. The van der Waals surface area contributed by atoms with Crippen LogP contribution in [0.3, 0.4) is 0 Å². The first-order valence-electron chi connectivity index (χ1n) is 8.02. The number of amides is 1. The largest absolute Gasteiger partial charge is 0.493 e. The van der Waals surface area contributed by atoms with E-state index in [4.69, 9.17) is 9.47 Å². The lowest BCUT2D eigenvalue weighted by atomic mass is 10.0. The number of allylic oxidation sites excluding steroid dienone is 1. The molecule has 0 bridgehead atoms. The van der Waals surface area contributed by atoms with E-state index in [2.05, 4.69) is 11.9 Å². The molecule has 1 amide bonds. The predicted molar refractivity (Wildman–Crippen MR) is 95.7 cm³/mol. The molecule has 0 radical (unpaired) electrons. The van der Waals surface area contributed by atoms with Crippen molar-refractivity contribution in [3.8, 4) is 11.5 Å². The van der Waals surface area contributed by atoms with Crippen LogP contribution < -0.4 is 14.8 Å². The van der Waals surface area contributed by atoms with Crippen molar-refractivity contribution in [2.24, 2.45) is 0 Å². The Morgan fingerprint density at radius 2 is 1.92 bits per heavy atom. The lowest BCUT2D eigenvalue weighted by Crippen LogP contribution is -2.27. The van der Waals surface area contributed by atoms with Gasteiger partial charge in [-0.3, -0.25) is 4.79 Å². The SMILES string of the molecule is C=CCc1cc(C(=O)NC(C)c2ccc(F)c(F)c2)cc(OC)c1OC. The molecule has 0 heterocycles. The van der Waals surface area contributed by atoms with Gasteiger partial charge in [-0.15, -0.1) is 6.58 Å². The predicted octanol–water partition coefficient (Wildman–Crippen LogP) is 4.20. The van der Waals surface area contributed by atoms with Gasteiger partial charge in [-0.1, -0.05) is 12.1 Å². The Balaban J connectivity index is 2.29. The van der Waals surface area contributed by atoms with Crippen LogP contribution in [0.5, 0.6) is 11.5 Å². The first-order chi connectivity index (χ1) is 12.4. The Morgan fingerprint density at radius 1 is 1.19 bits per heavy atom. The number of hydrogen-bond acceptors (Lipinski definition) is 3. The van der Waals surface area contributed by atoms with Crippen LogP contribution in [-0.4, -0.2) is 20.1 Å². The fourth-order valence-electron chi connectivity index (χ4n) is 2.63. The molecule has 0 aliphatic carbocycles. The van der Waals surface area contributed by atoms with E-state index in [0.29, 0.717) is 29.0 Å². The zero-order chi connectivity index (χ0) is 19.3. The van der Waals surface area contributed by atoms with E-state index in [1.807, 2.05) is 0 Å². The summed E-state index contributed by atoms with van der Waals surface area (Å²) in [6.07, 6.45) is 2.20. The fourth-order valence-corrected chi connectivity index (χ4v) is 2.63. The summed E-state index contributed by atoms with van der Waals surface area (Å²) in [5.41, 5.74) is 1.59. The quantitative estimate of drug-likeness (QED) is 0.752. The zero-order valence-electron chi connectivity index (χ0n) is 14.9. The maximum atomic E-state index is 13.4. The van der Waals surface area contributed by atoms with Gasteiger partial charge in [-0.05, 0) is 43.2 Å². The van der Waals surface area contributed by atoms with Crippen LogP contribution in [0.4, 0.5) is 8.78 Å². The number of benzene rings is 2. The molecule has 0 aliphatic heterocycles. The van der Waals surface area contributed by atoms with Gasteiger partial charge < -0.3 is 14.8 Å². The lowest BCUT2D eigenvalue weighted by molar-refractivity contribution is 0.0939. The summed E-state index contributed by atoms with van der Waals surface area (Å²) in [6.45, 7) is 5.39. The van der Waals surface area contributed by atoms with E-state index in [-0.39, 0.29) is 5.91 Å². The fraction of sp³-hybridized carbons (Fsp3) is 0.250. The molecule has 0 fully saturated rings. The minimum atomic E-state index is -0.956. The number of methoxy groups -OCH3 is 2. The van der Waals surface area contributed by atoms with Crippen LogP contribution in [-0.2, 0) is 6.42 Å². The highest BCUT2D eigenvalue weighted by Gasteiger charge is 2.18. The van der Waals surface area contributed by atoms with Gasteiger partial charge in [0.2, 0.25) is 0 Å². The van der Waals surface area contributed by atoms with Gasteiger partial charge in [-0.25, -0.2) is 8.78 Å². The summed E-state index contributed by atoms with van der Waals surface area (Å²) in [5.74, 6) is -1.28. The summed E-state index contributed by atoms with van der Waals surface area (Å²) < 4.78 is 37.1. The van der Waals surface area contributed by atoms with Crippen molar-refractivity contribution in [1.29, 1.82) is 0 Å². The summed E-state index contributed by atoms with van der Waals surface area (Å²) in [4.78, 5) is 12.6. The Kier molecular flexibility index (Phi) is 6.33. The molecule has 1 unspecified atom stereocenters. The smallest absolute Gasteiger partial charge is 0.251 e. The van der Waals surface area contributed by atoms with E-state index >= 15 is 0 Å². The molecule has 0 saturated heterocycles. The molecule has 2 aromatic carbocycles. The molecule has 26 heavy (non-hydrogen) atoms. The van der Waals surface area contributed by atoms with Crippen LogP contribution in [0.1, 0.15) is 34.5 Å². The van der Waals surface area contributed by atoms with Crippen molar-refractivity contribution in [3.63, 3.8) is 0 Å². The normalized spacial score (nSPS) is 11.6. The van der Waals surface area contributed by atoms with Crippen LogP contribution >= 0.6 is 0 Å². The van der Waals surface area contributed by atoms with Crippen LogP contribution in [0.25, 0.3) is 0 Å². The van der Waals surface area contributed by atoms with Crippen molar-refractivity contribution < 1.29 is 23.0 Å². The highest BCUT2D eigenvalue weighted by atomic mass is 19.2. The Labute approximate surface area is 151 Å². The standard InChI is InChI=1S/C20H21F2NO3/c1-5-6-14-9-15(11-18(25-3)19(14)26-4)20(24)23-12(2)13-7-8-16(21)17(22)10-13/h5,7-12H,1,6H2,2-4H3,(H,23,24). The molecule has 2 aromatic rings. The zero-order valence-corrected chi connectivity index (χ0v) is 14.9. The van der Waals surface area contributed by atoms with Gasteiger partial charge in [0.05, 0.1) is 20.3 Å². The minimum Gasteiger partial charge on any atom is -0.493 e. The lowest BCUT2D eigenvalue weighted by Gasteiger charge is -2.17. The maximum absolute atomic E-state index is 13.4. The third-order valence-corrected chi connectivity index (χ3v) is 3.97. The molecule has 138 valence electrons. The Hall–Kier alpha value is -2.89. The highest BCUT2D eigenvalue weighted by Crippen LogP contribution is 2.33. The van der Waals surface area contributed by atoms with Crippen LogP contribution in [0.2, 0.25) is 0 Å². The van der Waals surface area contributed by atoms with Gasteiger partial charge in [0.15, 0.2) is 23.1 Å². The number of carbonyl (C=O) groups is 1. The number of nitrogens with one attached hydrogen (secondary N) is 1. The number of hydrogen-bond donors (Lipinski definition) is 1. The molecule has 1 atom stereocenters. The Morgan fingerprint density at radius 3 is 2.50 bits per heavy atom. The van der Waals surface area contributed by atoms with Crippen molar-refractivity contribution in [1.82, 2.24) is 5.32 Å². The number of carbonyl (C=O) groups excluding carboxylic acids is 1. The molecule has 0 aromatic heterocycles. The average Bonchev–Trinajstić information content (AvgIpc) is 2.63. The number of rotatable bonds is 7. The summed E-state index contributed by atoms with van der Waals surface area (Å²) in [6, 6.07) is 6.29. The van der Waals surface area contributed by atoms with Crippen LogP contribution in [0.15, 0.2) is 43.0 Å². The molecule has 1 N–H and O–H groups in total. The molecule has 0 spiro atoms. The molecular formula is C20H21F2NO3.